The van der Waals surface area contributed by atoms with Gasteiger partial charge in [-0.05, 0) is 23.6 Å². The highest BCUT2D eigenvalue weighted by atomic mass is 19.1. The van der Waals surface area contributed by atoms with E-state index in [2.05, 4.69) is 10.4 Å². The number of nitrogens with one attached hydrogen (secondary N) is 1. The lowest BCUT2D eigenvalue weighted by Crippen LogP contribution is -2.30. The summed E-state index contributed by atoms with van der Waals surface area (Å²) in [4.78, 5) is 23.2. The number of hydrogen-bond acceptors (Lipinski definition) is 3. The van der Waals surface area contributed by atoms with Crippen molar-refractivity contribution in [1.82, 2.24) is 15.1 Å². The number of rotatable bonds is 5. The summed E-state index contributed by atoms with van der Waals surface area (Å²) >= 11 is 0. The molecule has 0 saturated heterocycles. The average molecular weight is 323 g/mol. The van der Waals surface area contributed by atoms with E-state index in [1.54, 1.807) is 6.92 Å². The topological polar surface area (TPSA) is 84.2 Å². The van der Waals surface area contributed by atoms with Crippen LogP contribution in [0, 0.1) is 11.6 Å². The van der Waals surface area contributed by atoms with Crippen LogP contribution in [0.25, 0.3) is 0 Å². The van der Waals surface area contributed by atoms with Gasteiger partial charge >= 0.3 is 5.97 Å². The highest BCUT2D eigenvalue weighted by Crippen LogP contribution is 2.17. The fourth-order valence-corrected chi connectivity index (χ4v) is 2.17. The molecule has 6 nitrogen and oxygen atoms in total. The molecule has 0 aliphatic rings. The van der Waals surface area contributed by atoms with Gasteiger partial charge in [0.25, 0.3) is 5.91 Å². The first-order valence-corrected chi connectivity index (χ1v) is 6.79. The summed E-state index contributed by atoms with van der Waals surface area (Å²) in [5.74, 6) is -3.63. The fraction of sp³-hybridized carbons (Fsp3) is 0.267. The summed E-state index contributed by atoms with van der Waals surface area (Å²) in [5, 5.41) is 15.3. The number of aromatic carboxylic acids is 1. The molecule has 1 amide bonds. The molecule has 1 unspecified atom stereocenters. The number of halogens is 2. The van der Waals surface area contributed by atoms with E-state index in [1.165, 1.54) is 19.2 Å². The first kappa shape index (κ1) is 16.6. The van der Waals surface area contributed by atoms with Crippen LogP contribution in [0.15, 0.2) is 24.4 Å². The van der Waals surface area contributed by atoms with Crippen molar-refractivity contribution in [1.29, 1.82) is 0 Å². The van der Waals surface area contributed by atoms with Gasteiger partial charge in [0, 0.05) is 19.7 Å². The van der Waals surface area contributed by atoms with Crippen LogP contribution in [0.4, 0.5) is 8.78 Å². The van der Waals surface area contributed by atoms with Crippen LogP contribution in [-0.4, -0.2) is 33.3 Å². The number of hydrogen-bond donors (Lipinski definition) is 2. The van der Waals surface area contributed by atoms with Crippen LogP contribution in [0.3, 0.4) is 0 Å². The molecule has 1 heterocycles. The molecule has 0 spiro atoms. The number of nitrogens with zero attached hydrogens (tertiary/aromatic N) is 2. The molecule has 0 aliphatic carbocycles. The quantitative estimate of drug-likeness (QED) is 0.880. The third-order valence-corrected chi connectivity index (χ3v) is 3.41. The van der Waals surface area contributed by atoms with Gasteiger partial charge in [0.05, 0.1) is 6.20 Å². The Morgan fingerprint density at radius 2 is 1.91 bits per heavy atom. The first-order valence-electron chi connectivity index (χ1n) is 6.79. The van der Waals surface area contributed by atoms with Crippen molar-refractivity contribution < 1.29 is 23.5 Å². The number of carbonyl (C=O) groups excluding carboxylic acids is 1. The number of benzene rings is 1. The SMILES string of the molecule is CC(CNC(=O)c1c(C(=O)O)cnn1C)c1cc(F)cc(F)c1. The van der Waals surface area contributed by atoms with Gasteiger partial charge in [-0.1, -0.05) is 6.92 Å². The van der Waals surface area contributed by atoms with E-state index in [1.807, 2.05) is 0 Å². The smallest absolute Gasteiger partial charge is 0.339 e. The van der Waals surface area contributed by atoms with E-state index in [-0.39, 0.29) is 23.7 Å². The Morgan fingerprint density at radius 3 is 2.48 bits per heavy atom. The summed E-state index contributed by atoms with van der Waals surface area (Å²) in [6.07, 6.45) is 1.09. The maximum Gasteiger partial charge on any atom is 0.339 e. The molecule has 0 aliphatic heterocycles. The largest absolute Gasteiger partial charge is 0.478 e. The van der Waals surface area contributed by atoms with Crippen molar-refractivity contribution in [2.45, 2.75) is 12.8 Å². The Morgan fingerprint density at radius 1 is 1.30 bits per heavy atom. The number of aryl methyl sites for hydroxylation is 1. The van der Waals surface area contributed by atoms with Crippen LogP contribution in [0.5, 0.6) is 0 Å². The highest BCUT2D eigenvalue weighted by Gasteiger charge is 2.22. The van der Waals surface area contributed by atoms with Crippen molar-refractivity contribution in [3.05, 3.63) is 52.9 Å². The van der Waals surface area contributed by atoms with Crippen molar-refractivity contribution in [3.63, 3.8) is 0 Å². The lowest BCUT2D eigenvalue weighted by Gasteiger charge is -2.14. The molecular formula is C15H15F2N3O3. The van der Waals surface area contributed by atoms with E-state index in [0.717, 1.165) is 16.9 Å². The molecule has 0 saturated carbocycles. The Labute approximate surface area is 130 Å². The number of amides is 1. The second kappa shape index (κ2) is 6.55. The van der Waals surface area contributed by atoms with E-state index in [4.69, 9.17) is 5.11 Å². The van der Waals surface area contributed by atoms with Gasteiger partial charge in [0.1, 0.15) is 22.9 Å². The Kier molecular flexibility index (Phi) is 4.73. The third-order valence-electron chi connectivity index (χ3n) is 3.41. The summed E-state index contributed by atoms with van der Waals surface area (Å²) in [5.41, 5.74) is 0.0934. The van der Waals surface area contributed by atoms with Crippen LogP contribution in [0.2, 0.25) is 0 Å². The van der Waals surface area contributed by atoms with E-state index in [9.17, 15) is 18.4 Å². The van der Waals surface area contributed by atoms with Crippen molar-refractivity contribution in [3.8, 4) is 0 Å². The van der Waals surface area contributed by atoms with E-state index < -0.39 is 23.5 Å². The summed E-state index contributed by atoms with van der Waals surface area (Å²) in [7, 11) is 1.45. The molecule has 2 N–H and O–H groups in total. The van der Waals surface area contributed by atoms with Gasteiger partial charge in [0.2, 0.25) is 0 Å². The molecule has 8 heteroatoms. The molecular weight excluding hydrogens is 308 g/mol. The Hall–Kier alpha value is -2.77. The summed E-state index contributed by atoms with van der Waals surface area (Å²) in [6, 6.07) is 3.14. The minimum atomic E-state index is -1.26. The van der Waals surface area contributed by atoms with Crippen LogP contribution in [-0.2, 0) is 7.05 Å². The minimum Gasteiger partial charge on any atom is -0.478 e. The standard InChI is InChI=1S/C15H15F2N3O3/c1-8(9-3-10(16)5-11(17)4-9)6-18-14(21)13-12(15(22)23)7-19-20(13)2/h3-5,7-8H,6H2,1-2H3,(H,18,21)(H,22,23). The molecule has 2 rings (SSSR count). The molecule has 0 fully saturated rings. The molecule has 1 aromatic carbocycles. The van der Waals surface area contributed by atoms with Crippen LogP contribution < -0.4 is 5.32 Å². The highest BCUT2D eigenvalue weighted by molar-refractivity contribution is 6.03. The van der Waals surface area contributed by atoms with Gasteiger partial charge in [-0.2, -0.15) is 5.10 Å². The second-order valence-corrected chi connectivity index (χ2v) is 5.15. The number of carboxylic acids is 1. The maximum atomic E-state index is 13.2. The second-order valence-electron chi connectivity index (χ2n) is 5.15. The molecule has 122 valence electrons. The zero-order valence-corrected chi connectivity index (χ0v) is 12.5. The van der Waals surface area contributed by atoms with Gasteiger partial charge in [-0.3, -0.25) is 9.48 Å². The van der Waals surface area contributed by atoms with Crippen LogP contribution in [0.1, 0.15) is 39.3 Å². The maximum absolute atomic E-state index is 13.2. The summed E-state index contributed by atoms with van der Waals surface area (Å²) < 4.78 is 27.6. The fourth-order valence-electron chi connectivity index (χ4n) is 2.17. The zero-order chi connectivity index (χ0) is 17.1. The predicted octanol–water partition coefficient (Wildman–Crippen LogP) is 1.93. The first-order chi connectivity index (χ1) is 10.8. The Bertz CT molecular complexity index is 738. The number of aromatic nitrogens is 2. The molecule has 2 aromatic rings. The third kappa shape index (κ3) is 3.71. The zero-order valence-electron chi connectivity index (χ0n) is 12.5. The molecule has 0 radical (unpaired) electrons. The lowest BCUT2D eigenvalue weighted by atomic mass is 10.0. The van der Waals surface area contributed by atoms with Gasteiger partial charge in [-0.15, -0.1) is 0 Å². The van der Waals surface area contributed by atoms with Crippen molar-refractivity contribution in [2.24, 2.45) is 7.05 Å². The van der Waals surface area contributed by atoms with Crippen molar-refractivity contribution >= 4 is 11.9 Å². The van der Waals surface area contributed by atoms with Gasteiger partial charge in [-0.25, -0.2) is 13.6 Å². The van der Waals surface area contributed by atoms with Crippen molar-refractivity contribution in [2.75, 3.05) is 6.54 Å². The number of carboxylic acid groups (broad SMARTS) is 1. The van der Waals surface area contributed by atoms with Crippen LogP contribution >= 0.6 is 0 Å². The molecule has 0 bridgehead atoms. The minimum absolute atomic E-state index is 0.0878. The molecule has 1 atom stereocenters. The summed E-state index contributed by atoms with van der Waals surface area (Å²) in [6.45, 7) is 1.78. The van der Waals surface area contributed by atoms with E-state index in [0.29, 0.717) is 5.56 Å². The normalized spacial score (nSPS) is 12.0. The molecule has 1 aromatic heterocycles. The van der Waals surface area contributed by atoms with Gasteiger partial charge in [0.15, 0.2) is 0 Å². The Balaban J connectivity index is 2.10. The van der Waals surface area contributed by atoms with Gasteiger partial charge < -0.3 is 10.4 Å². The molecule has 23 heavy (non-hydrogen) atoms. The lowest BCUT2D eigenvalue weighted by molar-refractivity contribution is 0.0690. The predicted molar refractivity (Wildman–Crippen MR) is 77.3 cm³/mol. The van der Waals surface area contributed by atoms with E-state index >= 15 is 0 Å². The average Bonchev–Trinajstić information content (AvgIpc) is 2.85. The number of carbonyl (C=O) groups is 2. The monoisotopic (exact) mass is 323 g/mol.